The van der Waals surface area contributed by atoms with Crippen molar-refractivity contribution in [3.63, 3.8) is 0 Å². The van der Waals surface area contributed by atoms with Crippen LogP contribution in [0.2, 0.25) is 5.02 Å². The second-order valence-corrected chi connectivity index (χ2v) is 2.28. The van der Waals surface area contributed by atoms with E-state index in [0.717, 1.165) is 12.1 Å². The molecule has 0 aliphatic heterocycles. The molecule has 0 fully saturated rings. The van der Waals surface area contributed by atoms with Crippen molar-refractivity contribution in [2.75, 3.05) is 0 Å². The number of benzene rings is 1. The van der Waals surface area contributed by atoms with Crippen molar-refractivity contribution in [3.05, 3.63) is 28.8 Å². The van der Waals surface area contributed by atoms with Gasteiger partial charge in [-0.2, -0.15) is 4.99 Å². The Hall–Kier alpha value is -1.25. The molecular formula is C7H2ClF2NO. The van der Waals surface area contributed by atoms with Gasteiger partial charge in [0.15, 0.2) is 11.6 Å². The van der Waals surface area contributed by atoms with Crippen molar-refractivity contribution in [2.24, 2.45) is 4.99 Å². The molecule has 62 valence electrons. The average Bonchev–Trinajstić information content (AvgIpc) is 2.07. The molecule has 0 atom stereocenters. The first-order valence-electron chi connectivity index (χ1n) is 2.88. The Labute approximate surface area is 71.5 Å². The van der Waals surface area contributed by atoms with E-state index in [0.29, 0.717) is 0 Å². The zero-order valence-electron chi connectivity index (χ0n) is 5.64. The third-order valence-electron chi connectivity index (χ3n) is 1.18. The van der Waals surface area contributed by atoms with E-state index < -0.39 is 16.7 Å². The number of hydrogen-bond donors (Lipinski definition) is 0. The van der Waals surface area contributed by atoms with Crippen LogP contribution in [0.5, 0.6) is 0 Å². The molecule has 0 aliphatic rings. The Balaban J connectivity index is 3.35. The van der Waals surface area contributed by atoms with E-state index in [1.54, 1.807) is 0 Å². The standard InChI is InChI=1S/C7H2ClF2NO/c8-6-5(11-3-12)2-1-4(9)7(6)10/h1-2H. The van der Waals surface area contributed by atoms with Crippen LogP contribution in [0, 0.1) is 11.6 Å². The molecule has 0 saturated carbocycles. The summed E-state index contributed by atoms with van der Waals surface area (Å²) in [6.07, 6.45) is 1.17. The van der Waals surface area contributed by atoms with Crippen molar-refractivity contribution in [1.29, 1.82) is 0 Å². The van der Waals surface area contributed by atoms with Gasteiger partial charge in [-0.15, -0.1) is 0 Å². The highest BCUT2D eigenvalue weighted by Crippen LogP contribution is 2.28. The number of rotatable bonds is 1. The first-order chi connectivity index (χ1) is 5.66. The molecule has 0 spiro atoms. The molecule has 2 nitrogen and oxygen atoms in total. The maximum atomic E-state index is 12.6. The van der Waals surface area contributed by atoms with E-state index in [4.69, 9.17) is 11.6 Å². The topological polar surface area (TPSA) is 29.4 Å². The lowest BCUT2D eigenvalue weighted by Gasteiger charge is -1.97. The number of carbonyl (C=O) groups excluding carboxylic acids is 1. The summed E-state index contributed by atoms with van der Waals surface area (Å²) in [5.41, 5.74) is -0.134. The minimum Gasteiger partial charge on any atom is -0.211 e. The predicted octanol–water partition coefficient (Wildman–Crippen LogP) is 2.59. The summed E-state index contributed by atoms with van der Waals surface area (Å²) in [4.78, 5) is 12.8. The van der Waals surface area contributed by atoms with Gasteiger partial charge in [-0.1, -0.05) is 11.6 Å². The molecule has 12 heavy (non-hydrogen) atoms. The third kappa shape index (κ3) is 1.49. The molecule has 0 saturated heterocycles. The van der Waals surface area contributed by atoms with Crippen molar-refractivity contribution in [1.82, 2.24) is 0 Å². The summed E-state index contributed by atoms with van der Waals surface area (Å²) in [6.45, 7) is 0. The predicted molar refractivity (Wildman–Crippen MR) is 39.1 cm³/mol. The molecule has 5 heteroatoms. The summed E-state index contributed by atoms with van der Waals surface area (Å²) >= 11 is 5.29. The van der Waals surface area contributed by atoms with Crippen LogP contribution < -0.4 is 0 Å². The van der Waals surface area contributed by atoms with Gasteiger partial charge in [-0.05, 0) is 12.1 Å². The molecular weight excluding hydrogens is 188 g/mol. The Kier molecular flexibility index (Phi) is 2.53. The fourth-order valence-corrected chi connectivity index (χ4v) is 0.847. The second-order valence-electron chi connectivity index (χ2n) is 1.90. The van der Waals surface area contributed by atoms with Gasteiger partial charge in [0.1, 0.15) is 5.02 Å². The highest BCUT2D eigenvalue weighted by Gasteiger charge is 2.10. The molecule has 0 N–H and O–H groups in total. The minimum absolute atomic E-state index is 0.134. The van der Waals surface area contributed by atoms with Crippen molar-refractivity contribution >= 4 is 23.4 Å². The van der Waals surface area contributed by atoms with E-state index >= 15 is 0 Å². The Morgan fingerprint density at radius 1 is 1.42 bits per heavy atom. The fourth-order valence-electron chi connectivity index (χ4n) is 0.651. The van der Waals surface area contributed by atoms with Crippen LogP contribution in [0.25, 0.3) is 0 Å². The minimum atomic E-state index is -1.21. The molecule has 1 aromatic carbocycles. The number of hydrogen-bond acceptors (Lipinski definition) is 2. The Bertz CT molecular complexity index is 361. The first-order valence-corrected chi connectivity index (χ1v) is 3.26. The second kappa shape index (κ2) is 3.43. The molecule has 0 unspecified atom stereocenters. The average molecular weight is 190 g/mol. The number of nitrogens with zero attached hydrogens (tertiary/aromatic N) is 1. The summed E-state index contributed by atoms with van der Waals surface area (Å²) in [7, 11) is 0. The smallest absolute Gasteiger partial charge is 0.211 e. The lowest BCUT2D eigenvalue weighted by molar-refractivity contribution is 0.509. The van der Waals surface area contributed by atoms with Crippen LogP contribution in [0.15, 0.2) is 17.1 Å². The van der Waals surface area contributed by atoms with Crippen LogP contribution in [-0.2, 0) is 4.79 Å². The van der Waals surface area contributed by atoms with Crippen LogP contribution in [0.3, 0.4) is 0 Å². The Morgan fingerprint density at radius 2 is 2.08 bits per heavy atom. The van der Waals surface area contributed by atoms with Gasteiger partial charge in [-0.25, -0.2) is 13.6 Å². The van der Waals surface area contributed by atoms with E-state index in [9.17, 15) is 13.6 Å². The molecule has 0 radical (unpaired) electrons. The summed E-state index contributed by atoms with van der Waals surface area (Å²) in [6, 6.07) is 1.92. The van der Waals surface area contributed by atoms with E-state index in [2.05, 4.69) is 4.99 Å². The van der Waals surface area contributed by atoms with E-state index in [1.807, 2.05) is 0 Å². The highest BCUT2D eigenvalue weighted by atomic mass is 35.5. The van der Waals surface area contributed by atoms with Gasteiger partial charge in [0.05, 0.1) is 5.69 Å². The fraction of sp³-hybridized carbons (Fsp3) is 0. The zero-order valence-corrected chi connectivity index (χ0v) is 6.40. The van der Waals surface area contributed by atoms with Gasteiger partial charge in [0.25, 0.3) is 0 Å². The lowest BCUT2D eigenvalue weighted by Crippen LogP contribution is -1.84. The van der Waals surface area contributed by atoms with Crippen LogP contribution in [0.1, 0.15) is 0 Å². The van der Waals surface area contributed by atoms with Crippen molar-refractivity contribution in [3.8, 4) is 0 Å². The van der Waals surface area contributed by atoms with Gasteiger partial charge < -0.3 is 0 Å². The van der Waals surface area contributed by atoms with Gasteiger partial charge in [0, 0.05) is 0 Å². The zero-order chi connectivity index (χ0) is 9.14. The number of isocyanates is 1. The van der Waals surface area contributed by atoms with Crippen LogP contribution >= 0.6 is 11.6 Å². The van der Waals surface area contributed by atoms with Crippen LogP contribution in [-0.4, -0.2) is 6.08 Å². The molecule has 0 aliphatic carbocycles. The van der Waals surface area contributed by atoms with Gasteiger partial charge in [0.2, 0.25) is 6.08 Å². The number of aliphatic imine (C=N–C) groups is 1. The third-order valence-corrected chi connectivity index (χ3v) is 1.54. The van der Waals surface area contributed by atoms with Crippen LogP contribution in [0.4, 0.5) is 14.5 Å². The summed E-state index contributed by atoms with van der Waals surface area (Å²) in [5.74, 6) is -2.29. The lowest BCUT2D eigenvalue weighted by atomic mass is 10.3. The Morgan fingerprint density at radius 3 is 2.67 bits per heavy atom. The largest absolute Gasteiger partial charge is 0.240 e. The SMILES string of the molecule is O=C=Nc1ccc(F)c(F)c1Cl. The molecule has 0 bridgehead atoms. The summed E-state index contributed by atoms with van der Waals surface area (Å²) in [5, 5.41) is -0.515. The molecule has 0 heterocycles. The molecule has 0 aromatic heterocycles. The van der Waals surface area contributed by atoms with Gasteiger partial charge >= 0.3 is 0 Å². The van der Waals surface area contributed by atoms with E-state index in [1.165, 1.54) is 6.08 Å². The number of halogens is 3. The maximum absolute atomic E-state index is 12.6. The van der Waals surface area contributed by atoms with Crippen molar-refractivity contribution in [2.45, 2.75) is 0 Å². The highest BCUT2D eigenvalue weighted by molar-refractivity contribution is 6.33. The van der Waals surface area contributed by atoms with Gasteiger partial charge in [-0.3, -0.25) is 0 Å². The summed E-state index contributed by atoms with van der Waals surface area (Å²) < 4.78 is 25.0. The van der Waals surface area contributed by atoms with E-state index in [-0.39, 0.29) is 5.69 Å². The molecule has 1 rings (SSSR count). The normalized spacial score (nSPS) is 9.25. The quantitative estimate of drug-likeness (QED) is 0.379. The maximum Gasteiger partial charge on any atom is 0.240 e. The molecule has 0 amide bonds. The monoisotopic (exact) mass is 189 g/mol. The molecule has 1 aromatic rings. The first kappa shape index (κ1) is 8.84. The van der Waals surface area contributed by atoms with Crippen molar-refractivity contribution < 1.29 is 13.6 Å².